The first-order valence-electron chi connectivity index (χ1n) is 4.93. The van der Waals surface area contributed by atoms with Crippen LogP contribution in [-0.2, 0) is 0 Å². The van der Waals surface area contributed by atoms with Gasteiger partial charge in [0.05, 0.1) is 16.5 Å². The molecule has 92 valence electrons. The first-order valence-corrected chi connectivity index (χ1v) is 5.72. The molecular weight excluding hydrogens is 301 g/mol. The average Bonchev–Trinajstić information content (AvgIpc) is 2.36. The molecule has 18 heavy (non-hydrogen) atoms. The van der Waals surface area contributed by atoms with E-state index in [1.165, 1.54) is 12.1 Å². The Labute approximate surface area is 110 Å². The van der Waals surface area contributed by atoms with Crippen molar-refractivity contribution in [2.75, 3.05) is 5.73 Å². The van der Waals surface area contributed by atoms with Crippen LogP contribution in [0.2, 0.25) is 0 Å². The molecule has 7 heteroatoms. The zero-order valence-electron chi connectivity index (χ0n) is 9.11. The van der Waals surface area contributed by atoms with Gasteiger partial charge in [0.15, 0.2) is 0 Å². The highest BCUT2D eigenvalue weighted by Gasteiger charge is 2.11. The normalized spacial score (nSPS) is 10.3. The second kappa shape index (κ2) is 4.69. The minimum absolute atomic E-state index is 0.0109. The molecule has 0 saturated heterocycles. The van der Waals surface area contributed by atoms with Crippen molar-refractivity contribution in [1.82, 2.24) is 9.55 Å². The lowest BCUT2D eigenvalue weighted by Crippen LogP contribution is -2.25. The van der Waals surface area contributed by atoms with Crippen molar-refractivity contribution < 1.29 is 4.39 Å². The van der Waals surface area contributed by atoms with Crippen LogP contribution in [0.25, 0.3) is 11.3 Å². The summed E-state index contributed by atoms with van der Waals surface area (Å²) in [5.74, 6) is -0.322. The molecule has 0 bridgehead atoms. The van der Waals surface area contributed by atoms with Crippen LogP contribution in [0.15, 0.2) is 28.7 Å². The lowest BCUT2D eigenvalue weighted by Gasteiger charge is -2.09. The number of hydrogen-bond donors (Lipinski definition) is 3. The highest BCUT2D eigenvalue weighted by atomic mass is 79.9. The standard InChI is InChI=1S/C11H9BrFN5/c12-8-9(6-1-3-7(13)4-2-6)17-11(16)18(5-14)10(8)15/h1-5,14-15H,(H2,16,17). The maximum absolute atomic E-state index is 12.9. The molecule has 0 aliphatic rings. The van der Waals surface area contributed by atoms with Crippen LogP contribution in [-0.4, -0.2) is 15.9 Å². The number of anilines is 1. The largest absolute Gasteiger partial charge is 0.369 e. The van der Waals surface area contributed by atoms with E-state index in [0.29, 0.717) is 15.7 Å². The Balaban J connectivity index is 2.70. The lowest BCUT2D eigenvalue weighted by molar-refractivity contribution is 0.628. The number of nitrogens with zero attached hydrogens (tertiary/aromatic N) is 2. The molecule has 4 N–H and O–H groups in total. The fourth-order valence-electron chi connectivity index (χ4n) is 1.48. The predicted molar refractivity (Wildman–Crippen MR) is 69.8 cm³/mol. The maximum atomic E-state index is 12.9. The van der Waals surface area contributed by atoms with Gasteiger partial charge in [-0.3, -0.25) is 15.4 Å². The predicted octanol–water partition coefficient (Wildman–Crippen LogP) is 1.97. The van der Waals surface area contributed by atoms with Crippen molar-refractivity contribution >= 4 is 28.2 Å². The van der Waals surface area contributed by atoms with E-state index in [1.54, 1.807) is 12.1 Å². The van der Waals surface area contributed by atoms with Crippen LogP contribution in [0.3, 0.4) is 0 Å². The highest BCUT2D eigenvalue weighted by Crippen LogP contribution is 2.24. The van der Waals surface area contributed by atoms with Gasteiger partial charge in [-0.15, -0.1) is 0 Å². The number of halogens is 2. The monoisotopic (exact) mass is 309 g/mol. The van der Waals surface area contributed by atoms with E-state index >= 15 is 0 Å². The molecule has 1 aromatic heterocycles. The van der Waals surface area contributed by atoms with E-state index in [-0.39, 0.29) is 17.3 Å². The molecule has 0 radical (unpaired) electrons. The number of nitrogens with two attached hydrogens (primary N) is 1. The first kappa shape index (κ1) is 12.4. The van der Waals surface area contributed by atoms with Gasteiger partial charge < -0.3 is 5.73 Å². The fourth-order valence-corrected chi connectivity index (χ4v) is 1.99. The number of benzene rings is 1. The second-order valence-electron chi connectivity index (χ2n) is 3.49. The number of nitrogen functional groups attached to an aromatic ring is 1. The Bertz CT molecular complexity index is 662. The van der Waals surface area contributed by atoms with Gasteiger partial charge in [0, 0.05) is 5.56 Å². The van der Waals surface area contributed by atoms with E-state index in [2.05, 4.69) is 20.9 Å². The Kier molecular flexibility index (Phi) is 3.24. The molecule has 5 nitrogen and oxygen atoms in total. The molecule has 0 saturated carbocycles. The fraction of sp³-hybridized carbons (Fsp3) is 0. The van der Waals surface area contributed by atoms with Gasteiger partial charge in [0.2, 0.25) is 5.95 Å². The second-order valence-corrected chi connectivity index (χ2v) is 4.28. The van der Waals surface area contributed by atoms with E-state index in [1.807, 2.05) is 0 Å². The molecule has 1 aromatic carbocycles. The summed E-state index contributed by atoms with van der Waals surface area (Å²) in [5.41, 5.74) is 6.75. The van der Waals surface area contributed by atoms with Crippen molar-refractivity contribution in [3.05, 3.63) is 40.0 Å². The summed E-state index contributed by atoms with van der Waals surface area (Å²) in [5, 5.41) is 15.0. The lowest BCUT2D eigenvalue weighted by atomic mass is 10.1. The molecule has 0 spiro atoms. The molecule has 0 aliphatic carbocycles. The number of hydrogen-bond acceptors (Lipinski definition) is 4. The summed E-state index contributed by atoms with van der Waals surface area (Å²) in [4.78, 5) is 4.10. The van der Waals surface area contributed by atoms with Gasteiger partial charge in [-0.25, -0.2) is 9.37 Å². The van der Waals surface area contributed by atoms with E-state index < -0.39 is 0 Å². The molecule has 1 heterocycles. The Morgan fingerprint density at radius 2 is 1.94 bits per heavy atom. The van der Waals surface area contributed by atoms with Gasteiger partial charge in [-0.05, 0) is 40.2 Å². The Hall–Kier alpha value is -2.02. The van der Waals surface area contributed by atoms with Crippen molar-refractivity contribution in [2.45, 2.75) is 0 Å². The van der Waals surface area contributed by atoms with E-state index in [4.69, 9.17) is 16.6 Å². The SMILES string of the molecule is N=Cn1c(N)nc(-c2ccc(F)cc2)c(Br)c1=N. The van der Waals surface area contributed by atoms with Gasteiger partial charge in [-0.2, -0.15) is 0 Å². The molecule has 0 unspecified atom stereocenters. The van der Waals surface area contributed by atoms with Crippen LogP contribution in [0.4, 0.5) is 10.3 Å². The summed E-state index contributed by atoms with van der Waals surface area (Å²) < 4.78 is 14.4. The van der Waals surface area contributed by atoms with Crippen LogP contribution in [0.1, 0.15) is 0 Å². The van der Waals surface area contributed by atoms with Crippen molar-refractivity contribution in [3.8, 4) is 11.3 Å². The molecule has 0 aliphatic heterocycles. The molecule has 2 aromatic rings. The quantitative estimate of drug-likeness (QED) is 0.584. The maximum Gasteiger partial charge on any atom is 0.207 e. The van der Waals surface area contributed by atoms with Gasteiger partial charge in [0.25, 0.3) is 0 Å². The Morgan fingerprint density at radius 1 is 1.33 bits per heavy atom. The summed E-state index contributed by atoms with van der Waals surface area (Å²) >= 11 is 3.24. The highest BCUT2D eigenvalue weighted by molar-refractivity contribution is 9.10. The minimum Gasteiger partial charge on any atom is -0.369 e. The van der Waals surface area contributed by atoms with E-state index in [0.717, 1.165) is 10.9 Å². The van der Waals surface area contributed by atoms with Gasteiger partial charge in [-0.1, -0.05) is 0 Å². The van der Waals surface area contributed by atoms with Crippen molar-refractivity contribution in [3.63, 3.8) is 0 Å². The molecule has 0 fully saturated rings. The minimum atomic E-state index is -0.348. The molecule has 0 amide bonds. The zero-order valence-corrected chi connectivity index (χ0v) is 10.7. The average molecular weight is 310 g/mol. The van der Waals surface area contributed by atoms with Crippen LogP contribution in [0.5, 0.6) is 0 Å². The third-order valence-electron chi connectivity index (χ3n) is 2.38. The molecular formula is C11H9BrFN5. The zero-order chi connectivity index (χ0) is 13.3. The van der Waals surface area contributed by atoms with Crippen LogP contribution in [0, 0.1) is 16.6 Å². The Morgan fingerprint density at radius 3 is 2.50 bits per heavy atom. The van der Waals surface area contributed by atoms with Crippen molar-refractivity contribution in [1.29, 1.82) is 10.8 Å². The smallest absolute Gasteiger partial charge is 0.207 e. The van der Waals surface area contributed by atoms with Gasteiger partial charge in [0.1, 0.15) is 11.3 Å². The third-order valence-corrected chi connectivity index (χ3v) is 3.13. The summed E-state index contributed by atoms with van der Waals surface area (Å²) in [6.45, 7) is 0. The third kappa shape index (κ3) is 2.04. The summed E-state index contributed by atoms with van der Waals surface area (Å²) in [7, 11) is 0. The topological polar surface area (TPSA) is 91.5 Å². The summed E-state index contributed by atoms with van der Waals surface area (Å²) in [6.07, 6.45) is 0.907. The number of aromatic nitrogens is 2. The van der Waals surface area contributed by atoms with Crippen molar-refractivity contribution in [2.24, 2.45) is 0 Å². The van der Waals surface area contributed by atoms with Crippen LogP contribution >= 0.6 is 15.9 Å². The number of nitrogens with one attached hydrogen (secondary N) is 2. The molecule has 2 rings (SSSR count). The van der Waals surface area contributed by atoms with E-state index in [9.17, 15) is 4.39 Å². The van der Waals surface area contributed by atoms with Crippen LogP contribution < -0.4 is 11.2 Å². The van der Waals surface area contributed by atoms with Gasteiger partial charge >= 0.3 is 0 Å². The first-order chi connectivity index (χ1) is 8.54. The summed E-state index contributed by atoms with van der Waals surface area (Å²) in [6, 6.07) is 5.72. The molecule has 0 atom stereocenters. The number of rotatable bonds is 2.